The van der Waals surface area contributed by atoms with Crippen LogP contribution in [0.2, 0.25) is 0 Å². The van der Waals surface area contributed by atoms with Gasteiger partial charge in [-0.05, 0) is 25.5 Å². The number of methoxy groups -OCH3 is 1. The smallest absolute Gasteiger partial charge is 0.310 e. The molecule has 0 aliphatic carbocycles. The minimum absolute atomic E-state index is 0. The third kappa shape index (κ3) is 4.30. The zero-order valence-corrected chi connectivity index (χ0v) is 12.4. The number of benzene rings is 1. The second-order valence-corrected chi connectivity index (χ2v) is 4.66. The van der Waals surface area contributed by atoms with Crippen LogP contribution in [0.4, 0.5) is 5.69 Å². The van der Waals surface area contributed by atoms with E-state index in [1.54, 1.807) is 0 Å². The number of amides is 1. The van der Waals surface area contributed by atoms with E-state index in [0.717, 1.165) is 25.9 Å². The number of rotatable bonds is 4. The standard InChI is InChI=1S/C13H17N3O4.ClH/c1-20-12-7-9(4-5-11(12)16(18)19)13(17)15-10-3-2-6-14-8-10;/h4-5,7,10,14H,2-3,6,8H2,1H3,(H,15,17);1H/t10-;/m1./s1. The SMILES string of the molecule is COc1cc(C(=O)N[C@@H]2CCCNC2)ccc1[N+](=O)[O-].Cl. The number of hydrogen-bond acceptors (Lipinski definition) is 5. The summed E-state index contributed by atoms with van der Waals surface area (Å²) in [6.07, 6.45) is 1.96. The molecule has 1 atom stereocenters. The molecule has 1 aliphatic rings. The molecule has 0 spiro atoms. The molecule has 1 saturated heterocycles. The lowest BCUT2D eigenvalue weighted by atomic mass is 10.1. The molecule has 1 aromatic carbocycles. The summed E-state index contributed by atoms with van der Waals surface area (Å²) in [5.74, 6) is -0.156. The first-order chi connectivity index (χ1) is 9.61. The number of carbonyl (C=O) groups excluding carboxylic acids is 1. The van der Waals surface area contributed by atoms with Crippen molar-refractivity contribution < 1.29 is 14.5 Å². The van der Waals surface area contributed by atoms with Gasteiger partial charge in [-0.25, -0.2) is 0 Å². The normalized spacial score (nSPS) is 17.5. The van der Waals surface area contributed by atoms with Gasteiger partial charge in [0, 0.05) is 30.3 Å². The van der Waals surface area contributed by atoms with Crippen molar-refractivity contribution in [2.75, 3.05) is 20.2 Å². The Labute approximate surface area is 128 Å². The molecule has 7 nitrogen and oxygen atoms in total. The molecular formula is C13H18ClN3O4. The molecule has 0 saturated carbocycles. The topological polar surface area (TPSA) is 93.5 Å². The minimum atomic E-state index is -0.536. The Morgan fingerprint density at radius 2 is 2.29 bits per heavy atom. The summed E-state index contributed by atoms with van der Waals surface area (Å²) in [4.78, 5) is 22.4. The zero-order chi connectivity index (χ0) is 14.5. The van der Waals surface area contributed by atoms with Crippen molar-refractivity contribution in [1.82, 2.24) is 10.6 Å². The van der Waals surface area contributed by atoms with Gasteiger partial charge in [0.2, 0.25) is 0 Å². The summed E-state index contributed by atoms with van der Waals surface area (Å²) in [5, 5.41) is 16.9. The fraction of sp³-hybridized carbons (Fsp3) is 0.462. The summed E-state index contributed by atoms with van der Waals surface area (Å²) in [5.41, 5.74) is 0.210. The van der Waals surface area contributed by atoms with E-state index in [0.29, 0.717) is 5.56 Å². The molecule has 1 amide bonds. The van der Waals surface area contributed by atoms with Gasteiger partial charge >= 0.3 is 5.69 Å². The second kappa shape index (κ2) is 7.80. The highest BCUT2D eigenvalue weighted by atomic mass is 35.5. The predicted molar refractivity (Wildman–Crippen MR) is 80.3 cm³/mol. The van der Waals surface area contributed by atoms with E-state index in [-0.39, 0.29) is 35.8 Å². The van der Waals surface area contributed by atoms with E-state index in [1.165, 1.54) is 25.3 Å². The van der Waals surface area contributed by atoms with Gasteiger partial charge in [0.1, 0.15) is 0 Å². The van der Waals surface area contributed by atoms with Crippen molar-refractivity contribution >= 4 is 24.0 Å². The molecule has 116 valence electrons. The summed E-state index contributed by atoms with van der Waals surface area (Å²) >= 11 is 0. The van der Waals surface area contributed by atoms with E-state index in [9.17, 15) is 14.9 Å². The van der Waals surface area contributed by atoms with E-state index in [2.05, 4.69) is 10.6 Å². The molecule has 2 N–H and O–H groups in total. The maximum atomic E-state index is 12.1. The highest BCUT2D eigenvalue weighted by Crippen LogP contribution is 2.27. The van der Waals surface area contributed by atoms with E-state index in [1.807, 2.05) is 0 Å². The third-order valence-corrected chi connectivity index (χ3v) is 3.27. The van der Waals surface area contributed by atoms with Crippen molar-refractivity contribution in [3.63, 3.8) is 0 Å². The Balaban J connectivity index is 0.00000220. The van der Waals surface area contributed by atoms with Crippen molar-refractivity contribution in [3.8, 4) is 5.75 Å². The quantitative estimate of drug-likeness (QED) is 0.649. The number of halogens is 1. The number of carbonyl (C=O) groups is 1. The Morgan fingerprint density at radius 3 is 2.86 bits per heavy atom. The van der Waals surface area contributed by atoms with Crippen LogP contribution in [0.15, 0.2) is 18.2 Å². The van der Waals surface area contributed by atoms with Gasteiger partial charge in [0.05, 0.1) is 12.0 Å². The molecule has 21 heavy (non-hydrogen) atoms. The van der Waals surface area contributed by atoms with Crippen molar-refractivity contribution in [3.05, 3.63) is 33.9 Å². The van der Waals surface area contributed by atoms with Crippen LogP contribution < -0.4 is 15.4 Å². The first kappa shape index (κ1) is 17.2. The van der Waals surface area contributed by atoms with Gasteiger partial charge in [0.25, 0.3) is 5.91 Å². The van der Waals surface area contributed by atoms with Crippen molar-refractivity contribution in [2.45, 2.75) is 18.9 Å². The number of hydrogen-bond donors (Lipinski definition) is 2. The molecule has 1 fully saturated rings. The average molecular weight is 316 g/mol. The fourth-order valence-electron chi connectivity index (χ4n) is 2.21. The van der Waals surface area contributed by atoms with E-state index >= 15 is 0 Å². The molecule has 1 heterocycles. The Hall–Kier alpha value is -1.86. The lowest BCUT2D eigenvalue weighted by molar-refractivity contribution is -0.385. The number of ether oxygens (including phenoxy) is 1. The molecule has 0 radical (unpaired) electrons. The number of piperidine rings is 1. The monoisotopic (exact) mass is 315 g/mol. The van der Waals surface area contributed by atoms with Crippen molar-refractivity contribution in [2.24, 2.45) is 0 Å². The molecule has 2 rings (SSSR count). The van der Waals surface area contributed by atoms with Gasteiger partial charge in [-0.3, -0.25) is 14.9 Å². The number of nitro benzene ring substituents is 1. The van der Waals surface area contributed by atoms with Crippen LogP contribution in [-0.2, 0) is 0 Å². The van der Waals surface area contributed by atoms with Gasteiger partial charge in [-0.2, -0.15) is 0 Å². The van der Waals surface area contributed by atoms with Crippen LogP contribution in [0.1, 0.15) is 23.2 Å². The Morgan fingerprint density at radius 1 is 1.52 bits per heavy atom. The number of nitrogens with zero attached hydrogens (tertiary/aromatic N) is 1. The molecule has 1 aliphatic heterocycles. The molecule has 0 bridgehead atoms. The van der Waals surface area contributed by atoms with E-state index in [4.69, 9.17) is 4.74 Å². The van der Waals surface area contributed by atoms with Gasteiger partial charge in [0.15, 0.2) is 5.75 Å². The van der Waals surface area contributed by atoms with Crippen molar-refractivity contribution in [1.29, 1.82) is 0 Å². The van der Waals surface area contributed by atoms with Crippen LogP contribution in [-0.4, -0.2) is 37.1 Å². The van der Waals surface area contributed by atoms with Crippen LogP contribution in [0, 0.1) is 10.1 Å². The Bertz CT molecular complexity index is 518. The third-order valence-electron chi connectivity index (χ3n) is 3.27. The molecule has 1 aromatic rings. The van der Waals surface area contributed by atoms with Crippen LogP contribution in [0.3, 0.4) is 0 Å². The number of nitrogens with one attached hydrogen (secondary N) is 2. The zero-order valence-electron chi connectivity index (χ0n) is 11.6. The maximum absolute atomic E-state index is 12.1. The minimum Gasteiger partial charge on any atom is -0.490 e. The number of nitro groups is 1. The lowest BCUT2D eigenvalue weighted by Gasteiger charge is -2.23. The van der Waals surface area contributed by atoms with Gasteiger partial charge in [-0.15, -0.1) is 12.4 Å². The summed E-state index contributed by atoms with van der Waals surface area (Å²) < 4.78 is 4.95. The van der Waals surface area contributed by atoms with Gasteiger partial charge in [-0.1, -0.05) is 0 Å². The molecule has 8 heteroatoms. The first-order valence-corrected chi connectivity index (χ1v) is 6.46. The highest BCUT2D eigenvalue weighted by Gasteiger charge is 2.20. The Kier molecular flexibility index (Phi) is 6.39. The second-order valence-electron chi connectivity index (χ2n) is 4.66. The largest absolute Gasteiger partial charge is 0.490 e. The maximum Gasteiger partial charge on any atom is 0.310 e. The lowest BCUT2D eigenvalue weighted by Crippen LogP contribution is -2.45. The first-order valence-electron chi connectivity index (χ1n) is 6.46. The van der Waals surface area contributed by atoms with Gasteiger partial charge < -0.3 is 15.4 Å². The molecule has 0 unspecified atom stereocenters. The van der Waals surface area contributed by atoms with Crippen LogP contribution in [0.5, 0.6) is 5.75 Å². The van der Waals surface area contributed by atoms with Crippen LogP contribution >= 0.6 is 12.4 Å². The summed E-state index contributed by atoms with van der Waals surface area (Å²) in [6.45, 7) is 1.72. The summed E-state index contributed by atoms with van der Waals surface area (Å²) in [7, 11) is 1.34. The summed E-state index contributed by atoms with van der Waals surface area (Å²) in [6, 6.07) is 4.21. The average Bonchev–Trinajstić information content (AvgIpc) is 2.47. The predicted octanol–water partition coefficient (Wildman–Crippen LogP) is 1.51. The van der Waals surface area contributed by atoms with Crippen LogP contribution in [0.25, 0.3) is 0 Å². The molecular weight excluding hydrogens is 298 g/mol. The highest BCUT2D eigenvalue weighted by molar-refractivity contribution is 5.95. The molecule has 0 aromatic heterocycles. The fourth-order valence-corrected chi connectivity index (χ4v) is 2.21. The van der Waals surface area contributed by atoms with E-state index < -0.39 is 4.92 Å².